The quantitative estimate of drug-likeness (QED) is 0.292. The first-order valence-corrected chi connectivity index (χ1v) is 11.1. The summed E-state index contributed by atoms with van der Waals surface area (Å²) in [5, 5.41) is 24.3. The van der Waals surface area contributed by atoms with Crippen LogP contribution in [0.3, 0.4) is 0 Å². The lowest BCUT2D eigenvalue weighted by atomic mass is 9.92. The molecule has 0 saturated heterocycles. The van der Waals surface area contributed by atoms with Crippen molar-refractivity contribution < 1.29 is 9.90 Å². The van der Waals surface area contributed by atoms with E-state index in [1.54, 1.807) is 42.9 Å². The van der Waals surface area contributed by atoms with Gasteiger partial charge >= 0.3 is 0 Å². The van der Waals surface area contributed by atoms with E-state index in [9.17, 15) is 9.90 Å². The van der Waals surface area contributed by atoms with Gasteiger partial charge in [0.25, 0.3) is 5.91 Å². The zero-order valence-electron chi connectivity index (χ0n) is 18.3. The Bertz CT molecular complexity index is 1300. The maximum atomic E-state index is 13.0. The number of imidazole rings is 1. The van der Waals surface area contributed by atoms with Crippen LogP contribution in [0, 0.1) is 0 Å². The number of aromatic nitrogens is 5. The van der Waals surface area contributed by atoms with Crippen molar-refractivity contribution in [3.8, 4) is 5.75 Å². The van der Waals surface area contributed by atoms with Crippen LogP contribution in [-0.2, 0) is 0 Å². The summed E-state index contributed by atoms with van der Waals surface area (Å²) in [6.45, 7) is 0. The summed E-state index contributed by atoms with van der Waals surface area (Å²) in [6.07, 6.45) is 9.99. The average Bonchev–Trinajstić information content (AvgIpc) is 3.27. The van der Waals surface area contributed by atoms with Crippen molar-refractivity contribution in [2.75, 3.05) is 16.0 Å². The maximum absolute atomic E-state index is 13.0. The number of rotatable bonds is 6. The Labute approximate surface area is 195 Å². The second-order valence-corrected chi connectivity index (χ2v) is 8.26. The molecule has 11 heteroatoms. The minimum Gasteiger partial charge on any atom is -0.504 e. The van der Waals surface area contributed by atoms with Crippen LogP contribution in [0.25, 0.3) is 5.65 Å². The standard InChI is InChI=1S/C23H25N9O2/c24-14-3-5-15(6-4-14)28-20-12-17(30-21-19(33)2-1-9-26-21)22-27-13-18(32(22)31-20)23(34)29-16-7-10-25-11-8-16/h1-2,7-15,33H,3-6,24H2,(H,26,30)(H,28,31)(H,25,29,34)/t14-,15-. The van der Waals surface area contributed by atoms with Gasteiger partial charge in [-0.1, -0.05) is 0 Å². The Balaban J connectivity index is 1.51. The van der Waals surface area contributed by atoms with E-state index < -0.39 is 0 Å². The van der Waals surface area contributed by atoms with Gasteiger partial charge in [0.15, 0.2) is 22.9 Å². The van der Waals surface area contributed by atoms with Crippen molar-refractivity contribution >= 4 is 34.6 Å². The van der Waals surface area contributed by atoms with E-state index in [1.165, 1.54) is 16.8 Å². The monoisotopic (exact) mass is 459 g/mol. The topological polar surface area (TPSA) is 155 Å². The summed E-state index contributed by atoms with van der Waals surface area (Å²) in [5.41, 5.74) is 7.88. The Kier molecular flexibility index (Phi) is 5.91. The minimum absolute atomic E-state index is 0.00421. The molecule has 1 saturated carbocycles. The molecule has 34 heavy (non-hydrogen) atoms. The van der Waals surface area contributed by atoms with Crippen molar-refractivity contribution in [3.05, 3.63) is 60.8 Å². The lowest BCUT2D eigenvalue weighted by Gasteiger charge is -2.27. The molecule has 4 aromatic rings. The van der Waals surface area contributed by atoms with Crippen LogP contribution in [0.15, 0.2) is 55.1 Å². The summed E-state index contributed by atoms with van der Waals surface area (Å²) in [5.74, 6) is 0.479. The van der Waals surface area contributed by atoms with Crippen molar-refractivity contribution in [2.24, 2.45) is 5.73 Å². The zero-order valence-corrected chi connectivity index (χ0v) is 18.3. The molecule has 4 heterocycles. The van der Waals surface area contributed by atoms with Gasteiger partial charge in [0, 0.05) is 42.4 Å². The molecule has 0 aromatic carbocycles. The number of hydrogen-bond donors (Lipinski definition) is 5. The van der Waals surface area contributed by atoms with Crippen molar-refractivity contribution in [3.63, 3.8) is 0 Å². The van der Waals surface area contributed by atoms with Crippen LogP contribution in [0.5, 0.6) is 5.75 Å². The van der Waals surface area contributed by atoms with E-state index in [2.05, 4.69) is 36.0 Å². The van der Waals surface area contributed by atoms with Crippen LogP contribution < -0.4 is 21.7 Å². The number of nitrogens with one attached hydrogen (secondary N) is 3. The van der Waals surface area contributed by atoms with E-state index in [4.69, 9.17) is 5.73 Å². The Morgan fingerprint density at radius 1 is 1.09 bits per heavy atom. The first-order chi connectivity index (χ1) is 16.6. The van der Waals surface area contributed by atoms with Crippen LogP contribution >= 0.6 is 0 Å². The Hall–Kier alpha value is -4.25. The number of carbonyl (C=O) groups excluding carboxylic acids is 1. The lowest BCUT2D eigenvalue weighted by Crippen LogP contribution is -2.33. The Morgan fingerprint density at radius 3 is 2.65 bits per heavy atom. The molecule has 0 aliphatic heterocycles. The number of fused-ring (bicyclic) bond motifs is 1. The van der Waals surface area contributed by atoms with E-state index in [0.717, 1.165) is 25.7 Å². The molecule has 1 fully saturated rings. The van der Waals surface area contributed by atoms with Gasteiger partial charge in [0.1, 0.15) is 5.82 Å². The summed E-state index contributed by atoms with van der Waals surface area (Å²) >= 11 is 0. The Morgan fingerprint density at radius 2 is 1.88 bits per heavy atom. The van der Waals surface area contributed by atoms with Gasteiger partial charge in [-0.05, 0) is 49.9 Å². The van der Waals surface area contributed by atoms with Crippen LogP contribution in [0.2, 0.25) is 0 Å². The molecule has 174 valence electrons. The van der Waals surface area contributed by atoms with Gasteiger partial charge in [0.2, 0.25) is 0 Å². The third-order valence-electron chi connectivity index (χ3n) is 5.80. The highest BCUT2D eigenvalue weighted by Crippen LogP contribution is 2.29. The average molecular weight is 460 g/mol. The fourth-order valence-corrected chi connectivity index (χ4v) is 4.01. The molecular weight excluding hydrogens is 434 g/mol. The number of anilines is 4. The maximum Gasteiger partial charge on any atom is 0.276 e. The molecule has 1 aliphatic rings. The molecular formula is C23H25N9O2. The molecule has 0 spiro atoms. The normalized spacial score (nSPS) is 17.9. The van der Waals surface area contributed by atoms with E-state index in [0.29, 0.717) is 22.8 Å². The summed E-state index contributed by atoms with van der Waals surface area (Å²) in [6, 6.07) is 8.83. The lowest BCUT2D eigenvalue weighted by molar-refractivity contribution is 0.102. The van der Waals surface area contributed by atoms with Gasteiger partial charge in [-0.15, -0.1) is 5.10 Å². The first-order valence-electron chi connectivity index (χ1n) is 11.1. The number of amides is 1. The second kappa shape index (κ2) is 9.32. The number of nitrogens with zero attached hydrogens (tertiary/aromatic N) is 5. The highest BCUT2D eigenvalue weighted by Gasteiger charge is 2.22. The fraction of sp³-hybridized carbons (Fsp3) is 0.261. The third-order valence-corrected chi connectivity index (χ3v) is 5.80. The fourth-order valence-electron chi connectivity index (χ4n) is 4.01. The van der Waals surface area contributed by atoms with Gasteiger partial charge in [-0.25, -0.2) is 14.5 Å². The van der Waals surface area contributed by atoms with Gasteiger partial charge < -0.3 is 26.8 Å². The second-order valence-electron chi connectivity index (χ2n) is 8.26. The van der Waals surface area contributed by atoms with Crippen molar-refractivity contribution in [1.29, 1.82) is 0 Å². The van der Waals surface area contributed by atoms with E-state index in [1.807, 2.05) is 0 Å². The third kappa shape index (κ3) is 4.59. The van der Waals surface area contributed by atoms with Gasteiger partial charge in [-0.2, -0.15) is 0 Å². The van der Waals surface area contributed by atoms with Crippen LogP contribution in [0.1, 0.15) is 36.2 Å². The van der Waals surface area contributed by atoms with Crippen LogP contribution in [-0.4, -0.2) is 47.7 Å². The number of aromatic hydroxyl groups is 1. The SMILES string of the molecule is N[C@H]1CC[C@H](Nc2cc(Nc3ncccc3O)c3ncc(C(=O)Nc4ccncc4)n3n2)CC1. The molecule has 5 rings (SSSR count). The highest BCUT2D eigenvalue weighted by atomic mass is 16.3. The molecule has 6 N–H and O–H groups in total. The highest BCUT2D eigenvalue weighted by molar-refractivity contribution is 6.03. The molecule has 1 amide bonds. The number of hydrogen-bond acceptors (Lipinski definition) is 9. The van der Waals surface area contributed by atoms with E-state index in [-0.39, 0.29) is 35.3 Å². The summed E-state index contributed by atoms with van der Waals surface area (Å²) in [7, 11) is 0. The zero-order chi connectivity index (χ0) is 23.5. The molecule has 11 nitrogen and oxygen atoms in total. The molecule has 0 unspecified atom stereocenters. The smallest absolute Gasteiger partial charge is 0.276 e. The van der Waals surface area contributed by atoms with Crippen molar-refractivity contribution in [2.45, 2.75) is 37.8 Å². The number of nitrogens with two attached hydrogens (primary N) is 1. The summed E-state index contributed by atoms with van der Waals surface area (Å²) < 4.78 is 1.48. The largest absolute Gasteiger partial charge is 0.504 e. The van der Waals surface area contributed by atoms with E-state index >= 15 is 0 Å². The van der Waals surface area contributed by atoms with Gasteiger partial charge in [0.05, 0.1) is 11.9 Å². The predicted molar refractivity (Wildman–Crippen MR) is 128 cm³/mol. The minimum atomic E-state index is -0.362. The molecule has 4 aromatic heterocycles. The van der Waals surface area contributed by atoms with Gasteiger partial charge in [-0.3, -0.25) is 9.78 Å². The molecule has 1 aliphatic carbocycles. The summed E-state index contributed by atoms with van der Waals surface area (Å²) in [4.78, 5) is 25.6. The number of carbonyl (C=O) groups is 1. The first kappa shape index (κ1) is 21.6. The number of pyridine rings is 2. The van der Waals surface area contributed by atoms with Crippen LogP contribution in [0.4, 0.5) is 23.0 Å². The predicted octanol–water partition coefficient (Wildman–Crippen LogP) is 2.90. The molecule has 0 radical (unpaired) electrons. The van der Waals surface area contributed by atoms with Crippen molar-refractivity contribution in [1.82, 2.24) is 24.6 Å². The molecule has 0 bridgehead atoms. The molecule has 0 atom stereocenters.